The molecule has 0 unspecified atom stereocenters. The fourth-order valence-corrected chi connectivity index (χ4v) is 2.21. The van der Waals surface area contributed by atoms with Gasteiger partial charge in [0.2, 0.25) is 5.91 Å². The third-order valence-electron chi connectivity index (χ3n) is 3.38. The maximum atomic E-state index is 11.5. The van der Waals surface area contributed by atoms with Gasteiger partial charge < -0.3 is 10.6 Å². The van der Waals surface area contributed by atoms with Crippen molar-refractivity contribution in [2.24, 2.45) is 5.92 Å². The van der Waals surface area contributed by atoms with E-state index >= 15 is 0 Å². The maximum Gasteiger partial charge on any atom is 0.234 e. The summed E-state index contributed by atoms with van der Waals surface area (Å²) in [5, 5.41) is 6.26. The second-order valence-electron chi connectivity index (χ2n) is 6.33. The van der Waals surface area contributed by atoms with Crippen LogP contribution in [0.25, 0.3) is 0 Å². The molecule has 0 aromatic carbocycles. The van der Waals surface area contributed by atoms with Gasteiger partial charge >= 0.3 is 0 Å². The third-order valence-corrected chi connectivity index (χ3v) is 3.38. The number of piperidine rings is 1. The van der Waals surface area contributed by atoms with E-state index in [2.05, 4.69) is 42.2 Å². The molecule has 1 saturated heterocycles. The van der Waals surface area contributed by atoms with E-state index in [4.69, 9.17) is 6.42 Å². The molecule has 1 fully saturated rings. The summed E-state index contributed by atoms with van der Waals surface area (Å²) >= 11 is 0. The van der Waals surface area contributed by atoms with Gasteiger partial charge in [0.25, 0.3) is 0 Å². The Balaban J connectivity index is 2.18. The molecule has 0 bridgehead atoms. The maximum absolute atomic E-state index is 11.5. The molecule has 4 nitrogen and oxygen atoms in total. The topological polar surface area (TPSA) is 44.4 Å². The second kappa shape index (κ2) is 7.52. The summed E-state index contributed by atoms with van der Waals surface area (Å²) in [4.78, 5) is 13.8. The molecule has 0 spiro atoms. The van der Waals surface area contributed by atoms with Crippen LogP contribution in [0.4, 0.5) is 0 Å². The Hall–Kier alpha value is -1.05. The van der Waals surface area contributed by atoms with Gasteiger partial charge in [-0.1, -0.05) is 5.92 Å². The van der Waals surface area contributed by atoms with Crippen LogP contribution in [0.2, 0.25) is 0 Å². The minimum Gasteiger partial charge on any atom is -0.344 e. The lowest BCUT2D eigenvalue weighted by Gasteiger charge is -2.33. The summed E-state index contributed by atoms with van der Waals surface area (Å²) < 4.78 is 0. The molecule has 0 atom stereocenters. The van der Waals surface area contributed by atoms with Crippen LogP contribution in [0.3, 0.4) is 0 Å². The van der Waals surface area contributed by atoms with Crippen molar-refractivity contribution in [3.63, 3.8) is 0 Å². The van der Waals surface area contributed by atoms with Gasteiger partial charge in [-0.25, -0.2) is 0 Å². The summed E-state index contributed by atoms with van der Waals surface area (Å²) in [6, 6.07) is 0. The predicted octanol–water partition coefficient (Wildman–Crippen LogP) is 0.836. The highest BCUT2D eigenvalue weighted by molar-refractivity contribution is 5.78. The summed E-state index contributed by atoms with van der Waals surface area (Å²) in [5.74, 6) is 3.17. The van der Waals surface area contributed by atoms with Crippen LogP contribution < -0.4 is 10.6 Å². The summed E-state index contributed by atoms with van der Waals surface area (Å²) in [5.41, 5.74) is 0.187. The van der Waals surface area contributed by atoms with Gasteiger partial charge in [-0.3, -0.25) is 9.69 Å². The van der Waals surface area contributed by atoms with Crippen molar-refractivity contribution < 1.29 is 4.79 Å². The number of carbonyl (C=O) groups is 1. The largest absolute Gasteiger partial charge is 0.344 e. The highest BCUT2D eigenvalue weighted by atomic mass is 16.2. The summed E-state index contributed by atoms with van der Waals surface area (Å²) in [6.07, 6.45) is 7.43. The number of rotatable bonds is 5. The molecule has 1 rings (SSSR count). The average Bonchev–Trinajstić information content (AvgIpc) is 2.34. The molecule has 1 aliphatic rings. The van der Waals surface area contributed by atoms with E-state index in [0.29, 0.717) is 13.1 Å². The zero-order valence-electron chi connectivity index (χ0n) is 12.5. The highest BCUT2D eigenvalue weighted by Crippen LogP contribution is 2.17. The second-order valence-corrected chi connectivity index (χ2v) is 6.33. The molecule has 2 N–H and O–H groups in total. The lowest BCUT2D eigenvalue weighted by Crippen LogP contribution is -2.45. The standard InChI is InChI=1S/C15H27N3O/c1-5-8-16-14(19)12-18-9-6-13(7-10-18)11-17-15(2,3)4/h1,13,17H,6-12H2,2-4H3,(H,16,19). The number of likely N-dealkylation sites (tertiary alicyclic amines) is 1. The Kier molecular flexibility index (Phi) is 6.33. The van der Waals surface area contributed by atoms with Crippen LogP contribution in [0.5, 0.6) is 0 Å². The van der Waals surface area contributed by atoms with E-state index in [-0.39, 0.29) is 11.4 Å². The van der Waals surface area contributed by atoms with Gasteiger partial charge in [0.05, 0.1) is 13.1 Å². The quantitative estimate of drug-likeness (QED) is 0.724. The number of hydrogen-bond donors (Lipinski definition) is 2. The van der Waals surface area contributed by atoms with E-state index in [9.17, 15) is 4.79 Å². The number of amides is 1. The zero-order valence-corrected chi connectivity index (χ0v) is 12.5. The van der Waals surface area contributed by atoms with E-state index < -0.39 is 0 Å². The lowest BCUT2D eigenvalue weighted by molar-refractivity contribution is -0.122. The summed E-state index contributed by atoms with van der Waals surface area (Å²) in [6.45, 7) is 10.4. The first-order valence-corrected chi connectivity index (χ1v) is 7.08. The first kappa shape index (κ1) is 16.0. The van der Waals surface area contributed by atoms with Gasteiger partial charge in [-0.05, 0) is 59.2 Å². The number of nitrogens with one attached hydrogen (secondary N) is 2. The van der Waals surface area contributed by atoms with Crippen molar-refractivity contribution in [3.05, 3.63) is 0 Å². The first-order chi connectivity index (χ1) is 8.90. The number of hydrogen-bond acceptors (Lipinski definition) is 3. The minimum absolute atomic E-state index is 0.0317. The molecular weight excluding hydrogens is 238 g/mol. The zero-order chi connectivity index (χ0) is 14.3. The van der Waals surface area contributed by atoms with Crippen LogP contribution in [-0.2, 0) is 4.79 Å². The van der Waals surface area contributed by atoms with Crippen molar-refractivity contribution in [1.82, 2.24) is 15.5 Å². The van der Waals surface area contributed by atoms with Crippen molar-refractivity contribution in [2.45, 2.75) is 39.2 Å². The van der Waals surface area contributed by atoms with Gasteiger partial charge in [-0.15, -0.1) is 6.42 Å². The molecule has 4 heteroatoms. The molecule has 0 saturated carbocycles. The van der Waals surface area contributed by atoms with Gasteiger partial charge in [0.15, 0.2) is 0 Å². The predicted molar refractivity (Wildman–Crippen MR) is 78.8 cm³/mol. The van der Waals surface area contributed by atoms with Crippen molar-refractivity contribution >= 4 is 5.91 Å². The Morgan fingerprint density at radius 3 is 2.53 bits per heavy atom. The first-order valence-electron chi connectivity index (χ1n) is 7.08. The number of nitrogens with zero attached hydrogens (tertiary/aromatic N) is 1. The molecule has 19 heavy (non-hydrogen) atoms. The molecule has 0 aromatic rings. The Morgan fingerprint density at radius 1 is 1.37 bits per heavy atom. The van der Waals surface area contributed by atoms with Gasteiger partial charge in [0, 0.05) is 5.54 Å². The minimum atomic E-state index is 0.0317. The van der Waals surface area contributed by atoms with Crippen molar-refractivity contribution in [2.75, 3.05) is 32.7 Å². The normalized spacial score (nSPS) is 18.0. The molecule has 1 heterocycles. The Morgan fingerprint density at radius 2 is 2.00 bits per heavy atom. The smallest absolute Gasteiger partial charge is 0.234 e. The van der Waals surface area contributed by atoms with Crippen LogP contribution in [0, 0.1) is 18.3 Å². The Bertz CT molecular complexity index is 319. The lowest BCUT2D eigenvalue weighted by atomic mass is 9.95. The van der Waals surface area contributed by atoms with E-state index in [0.717, 1.165) is 38.4 Å². The average molecular weight is 265 g/mol. The van der Waals surface area contributed by atoms with Crippen molar-refractivity contribution in [3.8, 4) is 12.3 Å². The van der Waals surface area contributed by atoms with E-state index in [1.54, 1.807) is 0 Å². The Labute approximate surface area is 117 Å². The molecule has 0 aliphatic carbocycles. The van der Waals surface area contributed by atoms with E-state index in [1.807, 2.05) is 0 Å². The fourth-order valence-electron chi connectivity index (χ4n) is 2.21. The van der Waals surface area contributed by atoms with Gasteiger partial charge in [0.1, 0.15) is 0 Å². The number of terminal acetylenes is 1. The fraction of sp³-hybridized carbons (Fsp3) is 0.800. The molecule has 108 valence electrons. The SMILES string of the molecule is C#CCNC(=O)CN1CCC(CNC(C)(C)C)CC1. The molecule has 0 radical (unpaired) electrons. The monoisotopic (exact) mass is 265 g/mol. The van der Waals surface area contributed by atoms with Crippen LogP contribution in [-0.4, -0.2) is 49.1 Å². The van der Waals surface area contributed by atoms with Crippen molar-refractivity contribution in [1.29, 1.82) is 0 Å². The molecule has 0 aromatic heterocycles. The van der Waals surface area contributed by atoms with Gasteiger partial charge in [-0.2, -0.15) is 0 Å². The number of carbonyl (C=O) groups excluding carboxylic acids is 1. The van der Waals surface area contributed by atoms with Crippen LogP contribution >= 0.6 is 0 Å². The summed E-state index contributed by atoms with van der Waals surface area (Å²) in [7, 11) is 0. The highest BCUT2D eigenvalue weighted by Gasteiger charge is 2.21. The van der Waals surface area contributed by atoms with Crippen LogP contribution in [0.15, 0.2) is 0 Å². The third kappa shape index (κ3) is 7.19. The molecule has 1 aliphatic heterocycles. The molecular formula is C15H27N3O. The molecule has 1 amide bonds. The van der Waals surface area contributed by atoms with Crippen LogP contribution in [0.1, 0.15) is 33.6 Å². The van der Waals surface area contributed by atoms with E-state index in [1.165, 1.54) is 0 Å².